The summed E-state index contributed by atoms with van der Waals surface area (Å²) in [6, 6.07) is 45.7. The molecule has 0 unspecified atom stereocenters. The molecule has 0 fully saturated rings. The number of hydrogen-bond donors (Lipinski definition) is 0. The number of pyridine rings is 2. The molecule has 0 aliphatic heterocycles. The highest BCUT2D eigenvalue weighted by Crippen LogP contribution is 2.38. The van der Waals surface area contributed by atoms with Crippen molar-refractivity contribution in [2.45, 2.75) is 54.3 Å². The van der Waals surface area contributed by atoms with Gasteiger partial charge < -0.3 is 4.74 Å². The third kappa shape index (κ3) is 7.43. The van der Waals surface area contributed by atoms with Crippen LogP contribution in [-0.2, 0) is 12.7 Å². The van der Waals surface area contributed by atoms with Crippen molar-refractivity contribution in [2.24, 2.45) is 10.8 Å². The van der Waals surface area contributed by atoms with Gasteiger partial charge in [-0.15, -0.1) is 0 Å². The van der Waals surface area contributed by atoms with Gasteiger partial charge >= 0.3 is 0 Å². The average Bonchev–Trinajstić information content (AvgIpc) is 3.79. The lowest BCUT2D eigenvalue weighted by Crippen LogP contribution is -2.29. The number of fused-ring (bicyclic) bond motifs is 4. The van der Waals surface area contributed by atoms with Crippen LogP contribution in [0.1, 0.15) is 58.2 Å². The Kier molecular flexibility index (Phi) is 7.88. The third-order valence-electron chi connectivity index (χ3n) is 9.71. The number of nitrogens with zero attached hydrogens (tertiary/aromatic N) is 5. The first kappa shape index (κ1) is 31.7. The summed E-state index contributed by atoms with van der Waals surface area (Å²) in [6.45, 7) is 11.5. The fourth-order valence-electron chi connectivity index (χ4n) is 7.47. The fourth-order valence-corrected chi connectivity index (χ4v) is 7.47. The minimum absolute atomic E-state index is 0.562. The predicted octanol–water partition coefficient (Wildman–Crippen LogP) is 12.2. The van der Waals surface area contributed by atoms with Crippen LogP contribution in [0.5, 0.6) is 11.5 Å². The van der Waals surface area contributed by atoms with E-state index < -0.39 is 23.6 Å². The van der Waals surface area contributed by atoms with E-state index >= 15 is 0 Å². The van der Waals surface area contributed by atoms with Gasteiger partial charge in [-0.05, 0) is 94.9 Å². The third-order valence-corrected chi connectivity index (χ3v) is 9.71. The summed E-state index contributed by atoms with van der Waals surface area (Å²) in [5, 5.41) is 2.06. The van der Waals surface area contributed by atoms with Gasteiger partial charge in [0.1, 0.15) is 17.3 Å². The molecular formula is C51H47N5O. The lowest BCUT2D eigenvalue weighted by Gasteiger charge is -2.18. The van der Waals surface area contributed by atoms with Crippen LogP contribution in [0.3, 0.4) is 0 Å². The van der Waals surface area contributed by atoms with Crippen molar-refractivity contribution in [3.05, 3.63) is 169 Å². The topological polar surface area (TPSA) is 48.8 Å². The first-order valence-corrected chi connectivity index (χ1v) is 19.3. The minimum Gasteiger partial charge on any atom is -0.458 e. The normalized spacial score (nSPS) is 13.7. The number of imidazole rings is 1. The zero-order valence-corrected chi connectivity index (χ0v) is 33.1. The van der Waals surface area contributed by atoms with Gasteiger partial charge in [0, 0.05) is 40.8 Å². The van der Waals surface area contributed by atoms with Crippen LogP contribution in [0.4, 0.5) is 0 Å². The Morgan fingerprint density at radius 2 is 1.30 bits per heavy atom. The van der Waals surface area contributed by atoms with Crippen LogP contribution in [0.2, 0.25) is 0 Å². The van der Waals surface area contributed by atoms with E-state index in [1.165, 1.54) is 0 Å². The van der Waals surface area contributed by atoms with E-state index in [-0.39, 0.29) is 0 Å². The maximum Gasteiger partial charge on any atom is 0.271 e. The molecule has 0 amide bonds. The SMILES string of the molecule is [2H]C([2H])(c1cccc(-[n+]2[c-]n(-c3cc(Oc4ccc5c6cc(-c7ccccc7)ccc6n(-c6cc(C([2H])([2H])C(C)(C)C)ccn6)c5c4)ccn3)c3ccccc32)c1)C(C)(C)C. The molecule has 0 atom stereocenters. The van der Waals surface area contributed by atoms with Gasteiger partial charge in [0.2, 0.25) is 0 Å². The van der Waals surface area contributed by atoms with Crippen molar-refractivity contribution in [3.8, 4) is 39.9 Å². The monoisotopic (exact) mass is 749 g/mol. The van der Waals surface area contributed by atoms with Crippen LogP contribution >= 0.6 is 0 Å². The van der Waals surface area contributed by atoms with E-state index in [2.05, 4.69) is 47.3 Å². The summed E-state index contributed by atoms with van der Waals surface area (Å²) in [7, 11) is 0. The molecule has 0 radical (unpaired) electrons. The summed E-state index contributed by atoms with van der Waals surface area (Å²) >= 11 is 0. The predicted molar refractivity (Wildman–Crippen MR) is 232 cm³/mol. The van der Waals surface area contributed by atoms with Gasteiger partial charge in [-0.1, -0.05) is 120 Å². The number of rotatable bonds is 8. The van der Waals surface area contributed by atoms with E-state index in [1.807, 2.05) is 148 Å². The van der Waals surface area contributed by atoms with Crippen molar-refractivity contribution >= 4 is 32.8 Å². The van der Waals surface area contributed by atoms with Crippen LogP contribution < -0.4 is 9.30 Å². The Bertz CT molecular complexity index is 3100. The molecule has 0 aliphatic rings. The van der Waals surface area contributed by atoms with E-state index in [4.69, 9.17) is 20.2 Å². The Hall–Kier alpha value is -6.53. The summed E-state index contributed by atoms with van der Waals surface area (Å²) in [5.74, 6) is 2.41. The molecule has 6 nitrogen and oxygen atoms in total. The molecule has 9 aromatic rings. The highest BCUT2D eigenvalue weighted by atomic mass is 16.5. The number of hydrogen-bond acceptors (Lipinski definition) is 3. The van der Waals surface area contributed by atoms with Gasteiger partial charge in [-0.25, -0.2) is 4.98 Å². The highest BCUT2D eigenvalue weighted by Gasteiger charge is 2.19. The quantitative estimate of drug-likeness (QED) is 0.115. The molecule has 4 heterocycles. The minimum atomic E-state index is -1.61. The highest BCUT2D eigenvalue weighted by molar-refractivity contribution is 6.10. The summed E-state index contributed by atoms with van der Waals surface area (Å²) < 4.78 is 48.5. The molecular weight excluding hydrogens is 699 g/mol. The Morgan fingerprint density at radius 1 is 0.579 bits per heavy atom. The summed E-state index contributed by atoms with van der Waals surface area (Å²) in [6.07, 6.45) is 3.74. The number of benzene rings is 5. The maximum atomic E-state index is 9.06. The maximum absolute atomic E-state index is 9.06. The van der Waals surface area contributed by atoms with Crippen molar-refractivity contribution in [3.63, 3.8) is 0 Å². The molecule has 6 heteroatoms. The van der Waals surface area contributed by atoms with E-state index in [1.54, 1.807) is 18.5 Å². The molecule has 9 rings (SSSR count). The summed E-state index contributed by atoms with van der Waals surface area (Å²) in [4.78, 5) is 9.56. The van der Waals surface area contributed by atoms with Gasteiger partial charge in [0.15, 0.2) is 5.82 Å². The lowest BCUT2D eigenvalue weighted by atomic mass is 9.88. The largest absolute Gasteiger partial charge is 0.458 e. The van der Waals surface area contributed by atoms with Crippen molar-refractivity contribution < 1.29 is 14.8 Å². The molecule has 0 saturated carbocycles. The van der Waals surface area contributed by atoms with Gasteiger partial charge in [-0.2, -0.15) is 0 Å². The second kappa shape index (κ2) is 14.2. The zero-order chi connectivity index (χ0) is 42.9. The van der Waals surface area contributed by atoms with Crippen molar-refractivity contribution in [1.29, 1.82) is 0 Å². The fraction of sp³-hybridized carbons (Fsp3) is 0.196. The van der Waals surface area contributed by atoms with Gasteiger partial charge in [0.05, 0.1) is 27.8 Å². The Morgan fingerprint density at radius 3 is 2.11 bits per heavy atom. The Labute approximate surface area is 340 Å². The molecule has 5 aromatic carbocycles. The smallest absolute Gasteiger partial charge is 0.271 e. The molecule has 0 spiro atoms. The van der Waals surface area contributed by atoms with Crippen molar-refractivity contribution in [1.82, 2.24) is 19.1 Å². The molecule has 0 N–H and O–H groups in total. The average molecular weight is 750 g/mol. The molecule has 282 valence electrons. The van der Waals surface area contributed by atoms with Gasteiger partial charge in [-0.3, -0.25) is 18.7 Å². The number of aromatic nitrogens is 5. The van der Waals surface area contributed by atoms with E-state index in [9.17, 15) is 0 Å². The van der Waals surface area contributed by atoms with E-state index in [0.717, 1.165) is 49.7 Å². The molecule has 0 bridgehead atoms. The van der Waals surface area contributed by atoms with E-state index in [0.29, 0.717) is 34.3 Å². The lowest BCUT2D eigenvalue weighted by molar-refractivity contribution is -0.572. The second-order valence-electron chi connectivity index (χ2n) is 16.5. The molecule has 0 saturated heterocycles. The standard InChI is InChI=1S/C51H47N5O/c1-50(2,3)32-35-13-12-16-39(27-35)54-34-55(46-18-11-10-17-45(46)54)48-31-41(24-26-52-48)57-40-20-21-42-43-29-38(37-14-8-7-9-15-37)19-22-44(43)56(47(42)30-40)49-28-36(23-25-53-49)33-51(4,5)6/h7-31H,32-33H2,1-6H3/i32D2,33D2. The first-order chi connectivity index (χ1) is 29.0. The van der Waals surface area contributed by atoms with Crippen LogP contribution in [-0.4, -0.2) is 19.1 Å². The Balaban J connectivity index is 1.13. The van der Waals surface area contributed by atoms with Gasteiger partial charge in [0.25, 0.3) is 6.33 Å². The van der Waals surface area contributed by atoms with Crippen LogP contribution in [0.25, 0.3) is 61.3 Å². The van der Waals surface area contributed by atoms with Crippen LogP contribution in [0, 0.1) is 17.2 Å². The summed E-state index contributed by atoms with van der Waals surface area (Å²) in [5.41, 5.74) is 6.52. The zero-order valence-electron chi connectivity index (χ0n) is 37.1. The number of para-hydroxylation sites is 2. The molecule has 4 aromatic heterocycles. The van der Waals surface area contributed by atoms with Crippen molar-refractivity contribution in [2.75, 3.05) is 0 Å². The number of ether oxygens (including phenoxy) is 1. The van der Waals surface area contributed by atoms with Crippen LogP contribution in [0.15, 0.2) is 152 Å². The first-order valence-electron chi connectivity index (χ1n) is 21.3. The molecule has 57 heavy (non-hydrogen) atoms. The molecule has 0 aliphatic carbocycles. The second-order valence-corrected chi connectivity index (χ2v) is 16.5.